The van der Waals surface area contributed by atoms with Crippen molar-refractivity contribution in [2.45, 2.75) is 27.7 Å². The van der Waals surface area contributed by atoms with Crippen LogP contribution in [-0.4, -0.2) is 4.57 Å². The van der Waals surface area contributed by atoms with Crippen LogP contribution in [0.3, 0.4) is 0 Å². The van der Waals surface area contributed by atoms with E-state index in [1.54, 1.807) is 0 Å². The van der Waals surface area contributed by atoms with Crippen LogP contribution in [0.2, 0.25) is 0 Å². The van der Waals surface area contributed by atoms with Crippen LogP contribution in [0.4, 0.5) is 0 Å². The van der Waals surface area contributed by atoms with Crippen molar-refractivity contribution < 1.29 is 0 Å². The zero-order chi connectivity index (χ0) is 8.69. The second-order valence-corrected chi connectivity index (χ2v) is 2.02. The maximum Gasteiger partial charge on any atom is 0.0146 e. The minimum absolute atomic E-state index is 1.26. The normalized spacial score (nSPS) is 10.4. The second-order valence-electron chi connectivity index (χ2n) is 2.02. The Morgan fingerprint density at radius 2 is 1.64 bits per heavy atom. The molecule has 0 bridgehead atoms. The van der Waals surface area contributed by atoms with Crippen LogP contribution in [0.5, 0.6) is 0 Å². The van der Waals surface area contributed by atoms with Crippen LogP contribution in [0.25, 0.3) is 5.70 Å². The van der Waals surface area contributed by atoms with Gasteiger partial charge in [-0.3, -0.25) is 0 Å². The molecule has 1 heteroatoms. The summed E-state index contributed by atoms with van der Waals surface area (Å²) in [7, 11) is 0. The van der Waals surface area contributed by atoms with Crippen molar-refractivity contribution in [3.05, 3.63) is 30.6 Å². The molecule has 1 aromatic heterocycles. The SMILES string of the molecule is C/C=C(\C)n1cccc1.CC. The Morgan fingerprint density at radius 1 is 1.18 bits per heavy atom. The Balaban J connectivity index is 0.000000461. The Labute approximate surface area is 69.4 Å². The van der Waals surface area contributed by atoms with E-state index in [9.17, 15) is 0 Å². The molecule has 1 rings (SSSR count). The highest BCUT2D eigenvalue weighted by Crippen LogP contribution is 2.01. The highest BCUT2D eigenvalue weighted by Gasteiger charge is 1.85. The molecule has 11 heavy (non-hydrogen) atoms. The van der Waals surface area contributed by atoms with Crippen molar-refractivity contribution in [1.29, 1.82) is 0 Å². The molecule has 0 aliphatic heterocycles. The first kappa shape index (κ1) is 10.0. The predicted octanol–water partition coefficient (Wildman–Crippen LogP) is 3.40. The smallest absolute Gasteiger partial charge is 0.0146 e. The van der Waals surface area contributed by atoms with E-state index in [2.05, 4.69) is 17.6 Å². The highest BCUT2D eigenvalue weighted by molar-refractivity contribution is 5.41. The van der Waals surface area contributed by atoms with Gasteiger partial charge >= 0.3 is 0 Å². The maximum atomic E-state index is 2.08. The van der Waals surface area contributed by atoms with E-state index in [4.69, 9.17) is 0 Å². The van der Waals surface area contributed by atoms with Gasteiger partial charge in [-0.05, 0) is 26.0 Å². The van der Waals surface area contributed by atoms with Gasteiger partial charge in [0.15, 0.2) is 0 Å². The summed E-state index contributed by atoms with van der Waals surface area (Å²) < 4.78 is 2.08. The molecule has 0 aromatic carbocycles. The zero-order valence-corrected chi connectivity index (χ0v) is 7.83. The first-order valence-electron chi connectivity index (χ1n) is 4.11. The number of hydrogen-bond donors (Lipinski definition) is 0. The molecule has 0 saturated heterocycles. The largest absolute Gasteiger partial charge is 0.328 e. The molecular weight excluding hydrogens is 134 g/mol. The number of hydrogen-bond acceptors (Lipinski definition) is 0. The van der Waals surface area contributed by atoms with E-state index in [0.717, 1.165) is 0 Å². The van der Waals surface area contributed by atoms with Gasteiger partial charge in [-0.2, -0.15) is 0 Å². The summed E-state index contributed by atoms with van der Waals surface area (Å²) in [5, 5.41) is 0. The first-order valence-corrected chi connectivity index (χ1v) is 4.11. The maximum absolute atomic E-state index is 2.08. The highest BCUT2D eigenvalue weighted by atomic mass is 14.9. The van der Waals surface area contributed by atoms with E-state index >= 15 is 0 Å². The van der Waals surface area contributed by atoms with Crippen molar-refractivity contribution in [3.8, 4) is 0 Å². The third kappa shape index (κ3) is 3.08. The molecule has 0 atom stereocenters. The molecule has 0 N–H and O–H groups in total. The van der Waals surface area contributed by atoms with Gasteiger partial charge in [-0.15, -0.1) is 0 Å². The molecule has 0 radical (unpaired) electrons. The van der Waals surface area contributed by atoms with Gasteiger partial charge in [0.2, 0.25) is 0 Å². The van der Waals surface area contributed by atoms with E-state index < -0.39 is 0 Å². The quantitative estimate of drug-likeness (QED) is 0.579. The third-order valence-corrected chi connectivity index (χ3v) is 1.43. The average molecular weight is 151 g/mol. The number of nitrogens with zero attached hydrogens (tertiary/aromatic N) is 1. The molecule has 0 fully saturated rings. The van der Waals surface area contributed by atoms with Gasteiger partial charge in [-0.25, -0.2) is 0 Å². The van der Waals surface area contributed by atoms with Gasteiger partial charge in [-0.1, -0.05) is 19.9 Å². The Kier molecular flexibility index (Phi) is 5.26. The summed E-state index contributed by atoms with van der Waals surface area (Å²) in [5.74, 6) is 0. The van der Waals surface area contributed by atoms with Crippen LogP contribution >= 0.6 is 0 Å². The molecule has 0 amide bonds. The summed E-state index contributed by atoms with van der Waals surface area (Å²) in [6, 6.07) is 4.04. The lowest BCUT2D eigenvalue weighted by Gasteiger charge is -1.98. The Bertz CT molecular complexity index is 195. The van der Waals surface area contributed by atoms with Gasteiger partial charge < -0.3 is 4.57 Å². The van der Waals surface area contributed by atoms with E-state index in [0.29, 0.717) is 0 Å². The summed E-state index contributed by atoms with van der Waals surface area (Å²) in [4.78, 5) is 0. The van der Waals surface area contributed by atoms with Gasteiger partial charge in [0, 0.05) is 18.1 Å². The summed E-state index contributed by atoms with van der Waals surface area (Å²) in [5.41, 5.74) is 1.26. The van der Waals surface area contributed by atoms with Crippen molar-refractivity contribution in [1.82, 2.24) is 4.57 Å². The van der Waals surface area contributed by atoms with E-state index in [1.807, 2.05) is 45.3 Å². The fourth-order valence-electron chi connectivity index (χ4n) is 0.719. The number of aromatic nitrogens is 1. The van der Waals surface area contributed by atoms with Crippen LogP contribution in [0.1, 0.15) is 27.7 Å². The molecule has 0 unspecified atom stereocenters. The Morgan fingerprint density at radius 3 is 2.00 bits per heavy atom. The van der Waals surface area contributed by atoms with Crippen molar-refractivity contribution in [2.75, 3.05) is 0 Å². The molecule has 0 aliphatic rings. The average Bonchev–Trinajstić information content (AvgIpc) is 2.59. The molecule has 1 heterocycles. The zero-order valence-electron chi connectivity index (χ0n) is 7.83. The minimum Gasteiger partial charge on any atom is -0.328 e. The lowest BCUT2D eigenvalue weighted by molar-refractivity contribution is 1.10. The van der Waals surface area contributed by atoms with Gasteiger partial charge in [0.05, 0.1) is 0 Å². The monoisotopic (exact) mass is 151 g/mol. The molecule has 1 nitrogen and oxygen atoms in total. The van der Waals surface area contributed by atoms with E-state index in [-0.39, 0.29) is 0 Å². The van der Waals surface area contributed by atoms with Gasteiger partial charge in [0.1, 0.15) is 0 Å². The second kappa shape index (κ2) is 5.78. The third-order valence-electron chi connectivity index (χ3n) is 1.43. The summed E-state index contributed by atoms with van der Waals surface area (Å²) in [6.45, 7) is 8.12. The molecule has 0 aliphatic carbocycles. The number of rotatable bonds is 1. The van der Waals surface area contributed by atoms with Crippen LogP contribution in [0, 0.1) is 0 Å². The first-order chi connectivity index (χ1) is 5.34. The van der Waals surface area contributed by atoms with Crippen molar-refractivity contribution in [2.24, 2.45) is 0 Å². The van der Waals surface area contributed by atoms with Crippen molar-refractivity contribution >= 4 is 5.70 Å². The molecule has 0 spiro atoms. The number of allylic oxidation sites excluding steroid dienone is 2. The van der Waals surface area contributed by atoms with Crippen LogP contribution < -0.4 is 0 Å². The van der Waals surface area contributed by atoms with Crippen molar-refractivity contribution in [3.63, 3.8) is 0 Å². The van der Waals surface area contributed by atoms with E-state index in [1.165, 1.54) is 5.70 Å². The fraction of sp³-hybridized carbons (Fsp3) is 0.400. The topological polar surface area (TPSA) is 4.93 Å². The van der Waals surface area contributed by atoms with Crippen LogP contribution in [0.15, 0.2) is 30.6 Å². The molecular formula is C10H17N. The summed E-state index contributed by atoms with van der Waals surface area (Å²) >= 11 is 0. The summed E-state index contributed by atoms with van der Waals surface area (Å²) in [6.07, 6.45) is 6.16. The molecule has 1 aromatic rings. The van der Waals surface area contributed by atoms with Gasteiger partial charge in [0.25, 0.3) is 0 Å². The van der Waals surface area contributed by atoms with Crippen LogP contribution in [-0.2, 0) is 0 Å². The Hall–Kier alpha value is -0.980. The molecule has 0 saturated carbocycles. The fourth-order valence-corrected chi connectivity index (χ4v) is 0.719. The standard InChI is InChI=1S/C8H11N.C2H6/c1-3-8(2)9-6-4-5-7-9;1-2/h3-7H,1-2H3;1-2H3/b8-3+;. The minimum atomic E-state index is 1.26. The molecule has 62 valence electrons. The predicted molar refractivity (Wildman–Crippen MR) is 51.4 cm³/mol. The lowest BCUT2D eigenvalue weighted by atomic mass is 10.4. The lowest BCUT2D eigenvalue weighted by Crippen LogP contribution is -1.85.